The number of ether oxygens (including phenoxy) is 2. The number of hydrogen-bond acceptors (Lipinski definition) is 6. The van der Waals surface area contributed by atoms with E-state index in [2.05, 4.69) is 5.10 Å². The van der Waals surface area contributed by atoms with E-state index in [-0.39, 0.29) is 11.3 Å². The van der Waals surface area contributed by atoms with Crippen molar-refractivity contribution in [3.63, 3.8) is 0 Å². The number of carbonyl (C=O) groups is 2. The molecule has 8 nitrogen and oxygen atoms in total. The number of Topliss-reactive ketones (excluding diaryl/α,β-unsaturated/α-hetero) is 1. The zero-order valence-corrected chi connectivity index (χ0v) is 16.7. The predicted molar refractivity (Wildman–Crippen MR) is 102 cm³/mol. The van der Waals surface area contributed by atoms with Crippen LogP contribution in [0.3, 0.4) is 0 Å². The van der Waals surface area contributed by atoms with E-state index in [1.807, 2.05) is 0 Å². The third-order valence-electron chi connectivity index (χ3n) is 5.14. The molecule has 8 heteroatoms. The number of amides is 1. The number of rotatable bonds is 4. The second kappa shape index (κ2) is 7.03. The average Bonchev–Trinajstić information content (AvgIpc) is 3.07. The summed E-state index contributed by atoms with van der Waals surface area (Å²) in [4.78, 5) is 26.5. The van der Waals surface area contributed by atoms with Crippen LogP contribution in [0.2, 0.25) is 0 Å². The molecule has 1 saturated heterocycles. The van der Waals surface area contributed by atoms with Gasteiger partial charge in [-0.15, -0.1) is 0 Å². The van der Waals surface area contributed by atoms with Crippen molar-refractivity contribution < 1.29 is 24.2 Å². The second-order valence-corrected chi connectivity index (χ2v) is 6.69. The highest BCUT2D eigenvalue weighted by Gasteiger charge is 2.45. The van der Waals surface area contributed by atoms with Gasteiger partial charge in [0.1, 0.15) is 5.76 Å². The van der Waals surface area contributed by atoms with E-state index in [1.165, 1.54) is 26.2 Å². The molecule has 1 atom stereocenters. The number of likely N-dealkylation sites (tertiary alicyclic amines) is 1. The number of likely N-dealkylation sites (N-methyl/N-ethyl adjacent to an activating group) is 1. The van der Waals surface area contributed by atoms with Crippen molar-refractivity contribution in [2.24, 2.45) is 7.05 Å². The molecule has 148 valence electrons. The van der Waals surface area contributed by atoms with Crippen LogP contribution in [-0.2, 0) is 16.6 Å². The van der Waals surface area contributed by atoms with Gasteiger partial charge in [0, 0.05) is 19.8 Å². The minimum atomic E-state index is -0.751. The summed E-state index contributed by atoms with van der Waals surface area (Å²) in [5.74, 6) is -0.653. The van der Waals surface area contributed by atoms with Crippen LogP contribution in [0.5, 0.6) is 11.5 Å². The molecule has 3 rings (SSSR count). The highest BCUT2D eigenvalue weighted by Crippen LogP contribution is 2.41. The smallest absolute Gasteiger partial charge is 0.295 e. The molecule has 2 heterocycles. The zero-order valence-electron chi connectivity index (χ0n) is 16.7. The molecule has 1 aromatic heterocycles. The lowest BCUT2D eigenvalue weighted by Crippen LogP contribution is -2.24. The van der Waals surface area contributed by atoms with Crippen LogP contribution in [0, 0.1) is 13.8 Å². The van der Waals surface area contributed by atoms with Crippen molar-refractivity contribution >= 4 is 17.4 Å². The molecule has 1 unspecified atom stereocenters. The molecular formula is C20H23N3O5. The Labute approximate surface area is 163 Å². The molecule has 2 aromatic rings. The Bertz CT molecular complexity index is 1010. The Morgan fingerprint density at radius 1 is 1.11 bits per heavy atom. The zero-order chi connectivity index (χ0) is 20.7. The van der Waals surface area contributed by atoms with Crippen molar-refractivity contribution in [1.82, 2.24) is 14.7 Å². The molecule has 0 spiro atoms. The molecule has 1 aromatic carbocycles. The van der Waals surface area contributed by atoms with Crippen LogP contribution in [0.1, 0.15) is 28.6 Å². The summed E-state index contributed by atoms with van der Waals surface area (Å²) in [6, 6.07) is 4.39. The van der Waals surface area contributed by atoms with Gasteiger partial charge in [0.05, 0.1) is 37.1 Å². The Hall–Kier alpha value is -3.29. The minimum Gasteiger partial charge on any atom is -0.507 e. The summed E-state index contributed by atoms with van der Waals surface area (Å²) >= 11 is 0. The quantitative estimate of drug-likeness (QED) is 0.492. The molecule has 1 N–H and O–H groups in total. The van der Waals surface area contributed by atoms with Crippen LogP contribution < -0.4 is 9.47 Å². The maximum atomic E-state index is 12.7. The van der Waals surface area contributed by atoms with Gasteiger partial charge in [0.2, 0.25) is 0 Å². The fourth-order valence-corrected chi connectivity index (χ4v) is 3.61. The lowest BCUT2D eigenvalue weighted by molar-refractivity contribution is -0.139. The van der Waals surface area contributed by atoms with Crippen molar-refractivity contribution in [2.75, 3.05) is 21.3 Å². The van der Waals surface area contributed by atoms with Gasteiger partial charge in [0.15, 0.2) is 11.5 Å². The first-order chi connectivity index (χ1) is 13.2. The standard InChI is InChI=1S/C20H23N3O5/c1-10-15(11(2)23(4)21-10)18(24)16-17(22(3)20(26)19(16)25)12-7-8-13(27-5)14(9-12)28-6/h7-9,17,24H,1-6H3/b18-16+. The van der Waals surface area contributed by atoms with Gasteiger partial charge in [-0.3, -0.25) is 14.3 Å². The van der Waals surface area contributed by atoms with Crippen molar-refractivity contribution in [2.45, 2.75) is 19.9 Å². The van der Waals surface area contributed by atoms with Crippen LogP contribution in [0.15, 0.2) is 23.8 Å². The molecular weight excluding hydrogens is 362 g/mol. The first-order valence-corrected chi connectivity index (χ1v) is 8.70. The van der Waals surface area contributed by atoms with E-state index in [0.29, 0.717) is 34.0 Å². The highest BCUT2D eigenvalue weighted by atomic mass is 16.5. The summed E-state index contributed by atoms with van der Waals surface area (Å²) in [6.45, 7) is 3.54. The first kappa shape index (κ1) is 19.5. The molecule has 0 bridgehead atoms. The SMILES string of the molecule is COc1ccc(C2/C(=C(\O)c3c(C)nn(C)c3C)C(=O)C(=O)N2C)cc1OC. The number of methoxy groups -OCH3 is 2. The molecule has 28 heavy (non-hydrogen) atoms. The molecule has 1 aliphatic rings. The van der Waals surface area contributed by atoms with Crippen molar-refractivity contribution in [3.8, 4) is 11.5 Å². The van der Waals surface area contributed by atoms with E-state index in [0.717, 1.165) is 0 Å². The maximum absolute atomic E-state index is 12.7. The predicted octanol–water partition coefficient (Wildman–Crippen LogP) is 2.11. The van der Waals surface area contributed by atoms with Gasteiger partial charge in [-0.05, 0) is 31.5 Å². The number of carbonyl (C=O) groups excluding carboxylic acids is 2. The molecule has 1 amide bonds. The third-order valence-corrected chi connectivity index (χ3v) is 5.14. The van der Waals surface area contributed by atoms with Gasteiger partial charge in [-0.1, -0.05) is 6.07 Å². The van der Waals surface area contributed by atoms with Gasteiger partial charge in [-0.25, -0.2) is 0 Å². The Kier molecular flexibility index (Phi) is 4.89. The number of aromatic nitrogens is 2. The summed E-state index contributed by atoms with van der Waals surface area (Å²) < 4.78 is 12.2. The fourth-order valence-electron chi connectivity index (χ4n) is 3.61. The van der Waals surface area contributed by atoms with Gasteiger partial charge in [0.25, 0.3) is 11.7 Å². The largest absolute Gasteiger partial charge is 0.507 e. The Morgan fingerprint density at radius 3 is 2.29 bits per heavy atom. The number of aliphatic hydroxyl groups excluding tert-OH is 1. The molecule has 1 fully saturated rings. The van der Waals surface area contributed by atoms with Crippen molar-refractivity contribution in [1.29, 1.82) is 0 Å². The first-order valence-electron chi connectivity index (χ1n) is 8.70. The lowest BCUT2D eigenvalue weighted by atomic mass is 9.94. The summed E-state index contributed by atoms with van der Waals surface area (Å²) in [7, 11) is 6.32. The Morgan fingerprint density at radius 2 is 1.75 bits per heavy atom. The second-order valence-electron chi connectivity index (χ2n) is 6.69. The summed E-state index contributed by atoms with van der Waals surface area (Å²) in [5.41, 5.74) is 2.38. The van der Waals surface area contributed by atoms with Gasteiger partial charge in [-0.2, -0.15) is 5.10 Å². The number of ketones is 1. The monoisotopic (exact) mass is 385 g/mol. The number of hydrogen-bond donors (Lipinski definition) is 1. The average molecular weight is 385 g/mol. The van der Waals surface area contributed by atoms with E-state index >= 15 is 0 Å². The minimum absolute atomic E-state index is 0.0268. The summed E-state index contributed by atoms with van der Waals surface area (Å²) in [5, 5.41) is 15.3. The number of nitrogens with zero attached hydrogens (tertiary/aromatic N) is 3. The van der Waals surface area contributed by atoms with E-state index in [9.17, 15) is 14.7 Å². The molecule has 1 aliphatic heterocycles. The molecule has 0 saturated carbocycles. The highest BCUT2D eigenvalue weighted by molar-refractivity contribution is 6.46. The van der Waals surface area contributed by atoms with Crippen LogP contribution in [-0.4, -0.2) is 52.7 Å². The third kappa shape index (κ3) is 2.81. The van der Waals surface area contributed by atoms with E-state index < -0.39 is 17.7 Å². The van der Waals surface area contributed by atoms with Gasteiger partial charge >= 0.3 is 0 Å². The number of aliphatic hydroxyl groups is 1. The van der Waals surface area contributed by atoms with E-state index in [4.69, 9.17) is 9.47 Å². The summed E-state index contributed by atoms with van der Waals surface area (Å²) in [6.07, 6.45) is 0. The van der Waals surface area contributed by atoms with Crippen molar-refractivity contribution in [3.05, 3.63) is 46.3 Å². The molecule has 0 radical (unpaired) electrons. The van der Waals surface area contributed by atoms with Crippen LogP contribution >= 0.6 is 0 Å². The van der Waals surface area contributed by atoms with Crippen LogP contribution in [0.4, 0.5) is 0 Å². The van der Waals surface area contributed by atoms with E-state index in [1.54, 1.807) is 43.8 Å². The lowest BCUT2D eigenvalue weighted by Gasteiger charge is -2.22. The van der Waals surface area contributed by atoms with Gasteiger partial charge < -0.3 is 19.5 Å². The topological polar surface area (TPSA) is 93.9 Å². The van der Waals surface area contributed by atoms with Crippen LogP contribution in [0.25, 0.3) is 5.76 Å². The maximum Gasteiger partial charge on any atom is 0.295 e. The Balaban J connectivity index is 2.24. The number of aryl methyl sites for hydroxylation is 2. The normalized spacial score (nSPS) is 18.6. The fraction of sp³-hybridized carbons (Fsp3) is 0.350. The molecule has 0 aliphatic carbocycles. The number of benzene rings is 1.